The minimum Gasteiger partial charge on any atom is -0.359 e. The Balaban J connectivity index is 1.53. The van der Waals surface area contributed by atoms with Crippen LogP contribution >= 0.6 is 11.3 Å². The molecule has 0 unspecified atom stereocenters. The van der Waals surface area contributed by atoms with Crippen molar-refractivity contribution in [3.05, 3.63) is 59.9 Å². The number of hydrogen-bond donors (Lipinski definition) is 1. The van der Waals surface area contributed by atoms with Gasteiger partial charge in [0.1, 0.15) is 17.8 Å². The smallest absolute Gasteiger partial charge is 0.206 e. The second kappa shape index (κ2) is 6.68. The van der Waals surface area contributed by atoms with Crippen molar-refractivity contribution in [3.63, 3.8) is 0 Å². The first kappa shape index (κ1) is 17.0. The van der Waals surface area contributed by atoms with E-state index in [1.165, 1.54) is 35.7 Å². The fourth-order valence-corrected chi connectivity index (χ4v) is 4.03. The van der Waals surface area contributed by atoms with Crippen LogP contribution < -0.4 is 5.32 Å². The molecule has 0 spiro atoms. The SMILES string of the molecule is Fc1ccccc1-c1nnc(NC[C@]2(c3ncccc3F)C[C@H](F)C2)s1. The van der Waals surface area contributed by atoms with Crippen molar-refractivity contribution >= 4 is 16.5 Å². The van der Waals surface area contributed by atoms with Crippen molar-refractivity contribution in [2.75, 3.05) is 11.9 Å². The summed E-state index contributed by atoms with van der Waals surface area (Å²) < 4.78 is 41.6. The summed E-state index contributed by atoms with van der Waals surface area (Å²) in [5.41, 5.74) is -0.0783. The monoisotopic (exact) mass is 376 g/mol. The molecule has 1 aliphatic rings. The summed E-state index contributed by atoms with van der Waals surface area (Å²) in [5.74, 6) is -0.813. The van der Waals surface area contributed by atoms with Crippen LogP contribution in [0.2, 0.25) is 0 Å². The first-order valence-electron chi connectivity index (χ1n) is 8.15. The molecule has 0 bridgehead atoms. The highest BCUT2D eigenvalue weighted by Crippen LogP contribution is 2.45. The average Bonchev–Trinajstić information content (AvgIpc) is 3.07. The molecule has 1 N–H and O–H groups in total. The highest BCUT2D eigenvalue weighted by atomic mass is 32.1. The van der Waals surface area contributed by atoms with Gasteiger partial charge in [0.2, 0.25) is 5.13 Å². The van der Waals surface area contributed by atoms with E-state index in [1.807, 2.05) is 0 Å². The molecule has 1 saturated carbocycles. The minimum atomic E-state index is -0.971. The van der Waals surface area contributed by atoms with E-state index in [9.17, 15) is 13.2 Å². The van der Waals surface area contributed by atoms with E-state index >= 15 is 0 Å². The van der Waals surface area contributed by atoms with Gasteiger partial charge in [0, 0.05) is 23.7 Å². The van der Waals surface area contributed by atoms with Gasteiger partial charge in [-0.2, -0.15) is 0 Å². The third-order valence-electron chi connectivity index (χ3n) is 4.59. The molecule has 0 radical (unpaired) electrons. The molecule has 26 heavy (non-hydrogen) atoms. The first-order valence-corrected chi connectivity index (χ1v) is 8.96. The number of alkyl halides is 1. The van der Waals surface area contributed by atoms with Crippen molar-refractivity contribution in [2.45, 2.75) is 24.4 Å². The number of nitrogens with zero attached hydrogens (tertiary/aromatic N) is 3. The van der Waals surface area contributed by atoms with Gasteiger partial charge in [-0.15, -0.1) is 10.2 Å². The predicted octanol–water partition coefficient (Wildman–Crippen LogP) is 4.36. The molecule has 0 saturated heterocycles. The van der Waals surface area contributed by atoms with Crippen LogP contribution in [0.3, 0.4) is 0 Å². The summed E-state index contributed by atoms with van der Waals surface area (Å²) in [6.45, 7) is 0.285. The fourth-order valence-electron chi connectivity index (χ4n) is 3.27. The Labute approximate surface area is 152 Å². The van der Waals surface area contributed by atoms with Crippen molar-refractivity contribution in [1.29, 1.82) is 0 Å². The molecule has 1 fully saturated rings. The second-order valence-electron chi connectivity index (χ2n) is 6.37. The quantitative estimate of drug-likeness (QED) is 0.719. The van der Waals surface area contributed by atoms with Crippen molar-refractivity contribution in [1.82, 2.24) is 15.2 Å². The van der Waals surface area contributed by atoms with E-state index in [-0.39, 0.29) is 30.9 Å². The van der Waals surface area contributed by atoms with Gasteiger partial charge in [0.25, 0.3) is 0 Å². The van der Waals surface area contributed by atoms with Crippen LogP contribution in [0.15, 0.2) is 42.6 Å². The van der Waals surface area contributed by atoms with Gasteiger partial charge in [0.15, 0.2) is 5.01 Å². The van der Waals surface area contributed by atoms with Crippen molar-refractivity contribution in [2.24, 2.45) is 0 Å². The number of nitrogens with one attached hydrogen (secondary N) is 1. The normalized spacial score (nSPS) is 22.0. The topological polar surface area (TPSA) is 50.7 Å². The number of hydrogen-bond acceptors (Lipinski definition) is 5. The molecule has 1 aliphatic carbocycles. The Hall–Kier alpha value is -2.48. The van der Waals surface area contributed by atoms with E-state index in [1.54, 1.807) is 18.2 Å². The predicted molar refractivity (Wildman–Crippen MR) is 93.8 cm³/mol. The summed E-state index contributed by atoms with van der Waals surface area (Å²) in [5, 5.41) is 12.0. The van der Waals surface area contributed by atoms with Crippen LogP contribution in [-0.4, -0.2) is 27.9 Å². The van der Waals surface area contributed by atoms with Gasteiger partial charge in [-0.3, -0.25) is 4.98 Å². The minimum absolute atomic E-state index is 0.201. The van der Waals surface area contributed by atoms with E-state index in [0.29, 0.717) is 15.7 Å². The summed E-state index contributed by atoms with van der Waals surface area (Å²) >= 11 is 1.19. The van der Waals surface area contributed by atoms with Crippen LogP contribution in [0.4, 0.5) is 18.3 Å². The molecular formula is C18H15F3N4S. The second-order valence-corrected chi connectivity index (χ2v) is 7.34. The largest absolute Gasteiger partial charge is 0.359 e. The maximum absolute atomic E-state index is 14.1. The molecule has 1 aromatic carbocycles. The number of pyridine rings is 1. The molecular weight excluding hydrogens is 361 g/mol. The van der Waals surface area contributed by atoms with Gasteiger partial charge in [-0.05, 0) is 37.1 Å². The number of anilines is 1. The molecule has 4 rings (SSSR count). The molecule has 2 heterocycles. The highest BCUT2D eigenvalue weighted by molar-refractivity contribution is 7.18. The van der Waals surface area contributed by atoms with E-state index in [0.717, 1.165) is 0 Å². The Kier molecular flexibility index (Phi) is 4.36. The number of benzene rings is 1. The van der Waals surface area contributed by atoms with Crippen LogP contribution in [0, 0.1) is 11.6 Å². The van der Waals surface area contributed by atoms with Gasteiger partial charge in [0.05, 0.1) is 5.69 Å². The van der Waals surface area contributed by atoms with Gasteiger partial charge < -0.3 is 5.32 Å². The molecule has 3 aromatic rings. The summed E-state index contributed by atoms with van der Waals surface area (Å²) in [7, 11) is 0. The van der Waals surface area contributed by atoms with Gasteiger partial charge in [-0.1, -0.05) is 23.5 Å². The lowest BCUT2D eigenvalue weighted by molar-refractivity contribution is 0.0965. The van der Waals surface area contributed by atoms with Crippen LogP contribution in [-0.2, 0) is 5.41 Å². The van der Waals surface area contributed by atoms with E-state index in [2.05, 4.69) is 20.5 Å². The third-order valence-corrected chi connectivity index (χ3v) is 5.51. The van der Waals surface area contributed by atoms with Crippen molar-refractivity contribution in [3.8, 4) is 10.6 Å². The van der Waals surface area contributed by atoms with Gasteiger partial charge in [-0.25, -0.2) is 13.2 Å². The molecule has 2 aromatic heterocycles. The van der Waals surface area contributed by atoms with Crippen LogP contribution in [0.1, 0.15) is 18.5 Å². The maximum Gasteiger partial charge on any atom is 0.206 e. The average molecular weight is 376 g/mol. The van der Waals surface area contributed by atoms with Gasteiger partial charge >= 0.3 is 0 Å². The highest BCUT2D eigenvalue weighted by Gasteiger charge is 2.48. The van der Waals surface area contributed by atoms with E-state index < -0.39 is 17.4 Å². The van der Waals surface area contributed by atoms with Crippen molar-refractivity contribution < 1.29 is 13.2 Å². The Morgan fingerprint density at radius 1 is 1.08 bits per heavy atom. The molecule has 0 atom stereocenters. The summed E-state index contributed by atoms with van der Waals surface area (Å²) in [4.78, 5) is 4.12. The zero-order valence-corrected chi connectivity index (χ0v) is 14.4. The Bertz CT molecular complexity index is 924. The number of rotatable bonds is 5. The summed E-state index contributed by atoms with van der Waals surface area (Å²) in [6, 6.07) is 9.16. The number of halogens is 3. The standard InChI is InChI=1S/C18H15F3N4S/c19-11-8-18(9-11,15-14(21)6-3-7-22-15)10-23-17-25-24-16(26-17)12-4-1-2-5-13(12)20/h1-7,11H,8-10H2,(H,23,25)/t11-,18-. The number of aromatic nitrogens is 3. The Morgan fingerprint density at radius 3 is 2.58 bits per heavy atom. The third kappa shape index (κ3) is 3.05. The molecule has 134 valence electrons. The lowest BCUT2D eigenvalue weighted by atomic mass is 9.65. The molecule has 4 nitrogen and oxygen atoms in total. The van der Waals surface area contributed by atoms with E-state index in [4.69, 9.17) is 0 Å². The zero-order valence-electron chi connectivity index (χ0n) is 13.6. The lowest BCUT2D eigenvalue weighted by Crippen LogP contribution is -2.48. The molecule has 0 aliphatic heterocycles. The summed E-state index contributed by atoms with van der Waals surface area (Å²) in [6.07, 6.45) is 0.939. The lowest BCUT2D eigenvalue weighted by Gasteiger charge is -2.43. The van der Waals surface area contributed by atoms with Crippen LogP contribution in [0.25, 0.3) is 10.6 Å². The molecule has 0 amide bonds. The zero-order chi connectivity index (χ0) is 18.1. The fraction of sp³-hybridized carbons (Fsp3) is 0.278. The van der Waals surface area contributed by atoms with Crippen LogP contribution in [0.5, 0.6) is 0 Å². The molecule has 8 heteroatoms. The Morgan fingerprint density at radius 2 is 1.85 bits per heavy atom. The first-order chi connectivity index (χ1) is 12.6. The maximum atomic E-state index is 14.1.